The molecule has 1 atom stereocenters. The first kappa shape index (κ1) is 29.6. The zero-order valence-corrected chi connectivity index (χ0v) is 24.5. The van der Waals surface area contributed by atoms with E-state index in [2.05, 4.69) is 0 Å². The Morgan fingerprint density at radius 2 is 1.73 bits per heavy atom. The highest BCUT2D eigenvalue weighted by atomic mass is 16.5. The largest absolute Gasteiger partial charge is 0.507 e. The molecule has 3 aromatic carbocycles. The molecule has 0 saturated carbocycles. The Balaban J connectivity index is 1.81. The number of likely N-dealkylation sites (tertiary alicyclic amines) is 1. The van der Waals surface area contributed by atoms with Gasteiger partial charge in [0.1, 0.15) is 11.5 Å². The Morgan fingerprint density at radius 3 is 2.34 bits per heavy atom. The molecule has 1 fully saturated rings. The predicted molar refractivity (Wildman–Crippen MR) is 158 cm³/mol. The number of methoxy groups -OCH3 is 1. The lowest BCUT2D eigenvalue weighted by molar-refractivity contribution is -0.140. The standard InChI is InChI=1S/C34H37NO6/c1-7-15-41-34(39)24-13-11-23(12-14-24)19-35-30(25-10-8-9-21(4)16-25)29(32(37)33(35)38)31(36)27-18-26(20(2)3)28(40-6)17-22(27)5/h8-14,16-18,20,30,36H,7,15,19H2,1-6H3/b31-29+. The number of hydrogen-bond acceptors (Lipinski definition) is 6. The van der Waals surface area contributed by atoms with Gasteiger partial charge in [-0.1, -0.05) is 62.7 Å². The van der Waals surface area contributed by atoms with Gasteiger partial charge < -0.3 is 19.5 Å². The van der Waals surface area contributed by atoms with E-state index in [9.17, 15) is 19.5 Å². The van der Waals surface area contributed by atoms with Gasteiger partial charge in [0.2, 0.25) is 0 Å². The van der Waals surface area contributed by atoms with Crippen molar-refractivity contribution in [2.75, 3.05) is 13.7 Å². The van der Waals surface area contributed by atoms with Crippen molar-refractivity contribution in [3.8, 4) is 5.75 Å². The second kappa shape index (κ2) is 12.4. The molecule has 0 aliphatic carbocycles. The minimum absolute atomic E-state index is 0.0448. The van der Waals surface area contributed by atoms with Crippen LogP contribution in [0.1, 0.15) is 82.9 Å². The van der Waals surface area contributed by atoms with E-state index in [0.29, 0.717) is 23.5 Å². The summed E-state index contributed by atoms with van der Waals surface area (Å²) in [6, 6.07) is 17.3. The van der Waals surface area contributed by atoms with Crippen molar-refractivity contribution in [2.45, 2.75) is 59.5 Å². The zero-order valence-electron chi connectivity index (χ0n) is 24.5. The molecule has 214 valence electrons. The van der Waals surface area contributed by atoms with Crippen LogP contribution in [-0.4, -0.2) is 41.4 Å². The Bertz CT molecular complexity index is 1500. The van der Waals surface area contributed by atoms with Gasteiger partial charge in [0.05, 0.1) is 30.9 Å². The molecule has 0 spiro atoms. The van der Waals surface area contributed by atoms with Crippen LogP contribution < -0.4 is 4.74 Å². The van der Waals surface area contributed by atoms with E-state index in [1.807, 2.05) is 71.0 Å². The van der Waals surface area contributed by atoms with E-state index in [1.54, 1.807) is 31.4 Å². The number of aliphatic hydroxyl groups excluding tert-OH is 1. The molecule has 0 aromatic heterocycles. The number of ether oxygens (including phenoxy) is 2. The SMILES string of the molecule is CCCOC(=O)c1ccc(CN2C(=O)C(=O)/C(=C(/O)c3cc(C(C)C)c(OC)cc3C)C2c2cccc(C)c2)cc1. The molecule has 7 heteroatoms. The Kier molecular flexibility index (Phi) is 8.96. The van der Waals surface area contributed by atoms with Crippen LogP contribution in [0.4, 0.5) is 0 Å². The number of carbonyl (C=O) groups excluding carboxylic acids is 3. The topological polar surface area (TPSA) is 93.1 Å². The molecule has 1 aliphatic rings. The highest BCUT2D eigenvalue weighted by Crippen LogP contribution is 2.42. The molecular weight excluding hydrogens is 518 g/mol. The Hall–Kier alpha value is -4.39. The minimum atomic E-state index is -0.798. The highest BCUT2D eigenvalue weighted by Gasteiger charge is 2.46. The summed E-state index contributed by atoms with van der Waals surface area (Å²) in [5, 5.41) is 11.7. The number of Topliss-reactive ketones (excluding diaryl/α,β-unsaturated/α-hetero) is 1. The predicted octanol–water partition coefficient (Wildman–Crippen LogP) is 6.62. The molecule has 4 rings (SSSR count). The second-order valence-corrected chi connectivity index (χ2v) is 10.7. The summed E-state index contributed by atoms with van der Waals surface area (Å²) in [6.07, 6.45) is 0.729. The van der Waals surface area contributed by atoms with Gasteiger partial charge in [-0.15, -0.1) is 0 Å². The summed E-state index contributed by atoms with van der Waals surface area (Å²) in [7, 11) is 1.60. The van der Waals surface area contributed by atoms with Crippen LogP contribution in [0, 0.1) is 13.8 Å². The summed E-state index contributed by atoms with van der Waals surface area (Å²) in [4.78, 5) is 40.8. The van der Waals surface area contributed by atoms with Gasteiger partial charge >= 0.3 is 5.97 Å². The maximum absolute atomic E-state index is 13.6. The third-order valence-electron chi connectivity index (χ3n) is 7.33. The summed E-state index contributed by atoms with van der Waals surface area (Å²) < 4.78 is 10.8. The first-order valence-electron chi connectivity index (χ1n) is 13.9. The number of aliphatic hydroxyl groups is 1. The van der Waals surface area contributed by atoms with E-state index in [4.69, 9.17) is 9.47 Å². The molecule has 1 unspecified atom stereocenters. The first-order valence-corrected chi connectivity index (χ1v) is 13.9. The number of ketones is 1. The maximum atomic E-state index is 13.6. The van der Waals surface area contributed by atoms with Crippen molar-refractivity contribution < 1.29 is 29.0 Å². The molecule has 1 N–H and O–H groups in total. The number of esters is 1. The fourth-order valence-corrected chi connectivity index (χ4v) is 5.18. The fourth-order valence-electron chi connectivity index (χ4n) is 5.18. The molecule has 41 heavy (non-hydrogen) atoms. The van der Waals surface area contributed by atoms with E-state index in [-0.39, 0.29) is 23.8 Å². The van der Waals surface area contributed by atoms with E-state index in [1.165, 1.54) is 4.90 Å². The van der Waals surface area contributed by atoms with Crippen molar-refractivity contribution in [3.63, 3.8) is 0 Å². The molecule has 1 heterocycles. The monoisotopic (exact) mass is 555 g/mol. The molecule has 0 radical (unpaired) electrons. The Labute approximate surface area is 241 Å². The van der Waals surface area contributed by atoms with E-state index in [0.717, 1.165) is 34.2 Å². The molecular formula is C34H37NO6. The van der Waals surface area contributed by atoms with Crippen LogP contribution in [0.3, 0.4) is 0 Å². The number of hydrogen-bond donors (Lipinski definition) is 1. The van der Waals surface area contributed by atoms with Crippen LogP contribution in [-0.2, 0) is 20.9 Å². The molecule has 1 aliphatic heterocycles. The number of benzene rings is 3. The lowest BCUT2D eigenvalue weighted by Gasteiger charge is -2.26. The zero-order chi connectivity index (χ0) is 29.8. The third kappa shape index (κ3) is 6.04. The fraction of sp³-hybridized carbons (Fsp3) is 0.324. The first-order chi connectivity index (χ1) is 19.6. The minimum Gasteiger partial charge on any atom is -0.507 e. The van der Waals surface area contributed by atoms with Crippen LogP contribution in [0.5, 0.6) is 5.75 Å². The number of rotatable bonds is 9. The average Bonchev–Trinajstić information content (AvgIpc) is 3.20. The van der Waals surface area contributed by atoms with Crippen molar-refractivity contribution in [3.05, 3.63) is 105 Å². The van der Waals surface area contributed by atoms with E-state index < -0.39 is 23.7 Å². The maximum Gasteiger partial charge on any atom is 0.338 e. The molecule has 1 amide bonds. The average molecular weight is 556 g/mol. The quantitative estimate of drug-likeness (QED) is 0.138. The van der Waals surface area contributed by atoms with Gasteiger partial charge in [0, 0.05) is 12.1 Å². The lowest BCUT2D eigenvalue weighted by atomic mass is 9.90. The van der Waals surface area contributed by atoms with Gasteiger partial charge in [-0.25, -0.2) is 4.79 Å². The van der Waals surface area contributed by atoms with Crippen LogP contribution in [0.25, 0.3) is 5.76 Å². The summed E-state index contributed by atoms with van der Waals surface area (Å²) in [6.45, 7) is 10.2. The number of amides is 1. The highest BCUT2D eigenvalue weighted by molar-refractivity contribution is 6.46. The lowest BCUT2D eigenvalue weighted by Crippen LogP contribution is -2.29. The van der Waals surface area contributed by atoms with Crippen LogP contribution >= 0.6 is 0 Å². The van der Waals surface area contributed by atoms with Crippen molar-refractivity contribution in [2.24, 2.45) is 0 Å². The van der Waals surface area contributed by atoms with Gasteiger partial charge in [-0.3, -0.25) is 9.59 Å². The summed E-state index contributed by atoms with van der Waals surface area (Å²) in [5.41, 5.74) is 4.98. The van der Waals surface area contributed by atoms with Gasteiger partial charge in [-0.05, 0) is 72.7 Å². The molecule has 0 bridgehead atoms. The molecule has 7 nitrogen and oxygen atoms in total. The van der Waals surface area contributed by atoms with Gasteiger partial charge in [-0.2, -0.15) is 0 Å². The summed E-state index contributed by atoms with van der Waals surface area (Å²) in [5.74, 6) is -1.25. The third-order valence-corrected chi connectivity index (χ3v) is 7.33. The molecule has 3 aromatic rings. The number of nitrogens with zero attached hydrogens (tertiary/aromatic N) is 1. The number of aryl methyl sites for hydroxylation is 2. The van der Waals surface area contributed by atoms with Crippen molar-refractivity contribution in [1.82, 2.24) is 4.90 Å². The van der Waals surface area contributed by atoms with Crippen molar-refractivity contribution >= 4 is 23.4 Å². The van der Waals surface area contributed by atoms with Gasteiger partial charge in [0.15, 0.2) is 0 Å². The second-order valence-electron chi connectivity index (χ2n) is 10.7. The Morgan fingerprint density at radius 1 is 1.02 bits per heavy atom. The molecule has 1 saturated heterocycles. The summed E-state index contributed by atoms with van der Waals surface area (Å²) >= 11 is 0. The van der Waals surface area contributed by atoms with Crippen LogP contribution in [0.15, 0.2) is 66.2 Å². The van der Waals surface area contributed by atoms with Crippen LogP contribution in [0.2, 0.25) is 0 Å². The number of carbonyl (C=O) groups is 3. The van der Waals surface area contributed by atoms with Gasteiger partial charge in [0.25, 0.3) is 11.7 Å². The van der Waals surface area contributed by atoms with Crippen molar-refractivity contribution in [1.29, 1.82) is 0 Å². The smallest absolute Gasteiger partial charge is 0.338 e. The normalized spacial score (nSPS) is 16.4. The van der Waals surface area contributed by atoms with E-state index >= 15 is 0 Å².